The molecule has 0 amide bonds. The third-order valence-electron chi connectivity index (χ3n) is 0.918. The second-order valence-electron chi connectivity index (χ2n) is 2.47. The predicted octanol–water partition coefficient (Wildman–Crippen LogP) is 2.04. The highest BCUT2D eigenvalue weighted by Crippen LogP contribution is 2.10. The van der Waals surface area contributed by atoms with E-state index in [1.807, 2.05) is 6.92 Å². The minimum atomic E-state index is -1.25. The van der Waals surface area contributed by atoms with Crippen LogP contribution in [0.1, 0.15) is 20.8 Å². The third-order valence-corrected chi connectivity index (χ3v) is 0.918. The fourth-order valence-corrected chi connectivity index (χ4v) is 0.660. The average Bonchev–Trinajstić information content (AvgIpc) is 1.59. The predicted molar refractivity (Wildman–Crippen MR) is 38.0 cm³/mol. The Morgan fingerprint density at radius 1 is 1.60 bits per heavy atom. The summed E-state index contributed by atoms with van der Waals surface area (Å²) in [6.45, 7) is 5.18. The Balaban J connectivity index is 3.99. The van der Waals surface area contributed by atoms with Crippen molar-refractivity contribution >= 4 is 6.16 Å². The summed E-state index contributed by atoms with van der Waals surface area (Å²) in [6, 6.07) is 0. The lowest BCUT2D eigenvalue weighted by Crippen LogP contribution is -2.24. The number of allylic oxidation sites excluding steroid dienone is 1. The van der Waals surface area contributed by atoms with Crippen molar-refractivity contribution in [3.63, 3.8) is 0 Å². The van der Waals surface area contributed by atoms with Crippen LogP contribution in [-0.4, -0.2) is 16.9 Å². The molecule has 1 N–H and O–H groups in total. The molecule has 58 valence electrons. The van der Waals surface area contributed by atoms with Crippen LogP contribution in [0.4, 0.5) is 4.79 Å². The summed E-state index contributed by atoms with van der Waals surface area (Å²) in [5, 5.41) is 8.22. The molecule has 0 bridgehead atoms. The lowest BCUT2D eigenvalue weighted by Gasteiger charge is -2.17. The van der Waals surface area contributed by atoms with Crippen molar-refractivity contribution in [3.05, 3.63) is 12.2 Å². The average molecular weight is 144 g/mol. The fraction of sp³-hybridized carbons (Fsp3) is 0.571. The van der Waals surface area contributed by atoms with Gasteiger partial charge in [-0.3, -0.25) is 0 Å². The maximum absolute atomic E-state index is 10.0. The first kappa shape index (κ1) is 9.01. The van der Waals surface area contributed by atoms with Crippen molar-refractivity contribution in [1.29, 1.82) is 0 Å². The van der Waals surface area contributed by atoms with Crippen molar-refractivity contribution in [1.82, 2.24) is 0 Å². The van der Waals surface area contributed by atoms with Gasteiger partial charge in [0.15, 0.2) is 0 Å². The zero-order valence-electron chi connectivity index (χ0n) is 6.42. The number of hydrogen-bond acceptors (Lipinski definition) is 2. The Kier molecular flexibility index (Phi) is 2.93. The summed E-state index contributed by atoms with van der Waals surface area (Å²) in [4.78, 5) is 10.0. The van der Waals surface area contributed by atoms with Crippen LogP contribution in [0.3, 0.4) is 0 Å². The number of carboxylic acid groups (broad SMARTS) is 1. The first-order valence-electron chi connectivity index (χ1n) is 3.04. The van der Waals surface area contributed by atoms with Crippen LogP contribution >= 0.6 is 0 Å². The van der Waals surface area contributed by atoms with Crippen LogP contribution in [0.15, 0.2) is 12.2 Å². The minimum Gasteiger partial charge on any atom is -0.450 e. The molecule has 0 fully saturated rings. The van der Waals surface area contributed by atoms with E-state index >= 15 is 0 Å². The first-order valence-corrected chi connectivity index (χ1v) is 3.04. The molecular formula is C7H12O3. The molecule has 0 saturated heterocycles. The highest BCUT2D eigenvalue weighted by molar-refractivity contribution is 5.57. The molecule has 0 aliphatic carbocycles. The van der Waals surface area contributed by atoms with E-state index in [2.05, 4.69) is 4.74 Å². The molecule has 3 heteroatoms. The molecule has 0 atom stereocenters. The highest BCUT2D eigenvalue weighted by atomic mass is 16.7. The van der Waals surface area contributed by atoms with E-state index in [4.69, 9.17) is 5.11 Å². The zero-order valence-corrected chi connectivity index (χ0v) is 6.42. The number of rotatable bonds is 2. The Bertz CT molecular complexity index is 147. The van der Waals surface area contributed by atoms with E-state index in [9.17, 15) is 4.79 Å². The van der Waals surface area contributed by atoms with E-state index in [0.717, 1.165) is 0 Å². The van der Waals surface area contributed by atoms with Gasteiger partial charge in [0.25, 0.3) is 0 Å². The molecule has 0 aliphatic heterocycles. The van der Waals surface area contributed by atoms with Crippen LogP contribution in [0, 0.1) is 0 Å². The van der Waals surface area contributed by atoms with Crippen LogP contribution in [0.25, 0.3) is 0 Å². The molecule has 10 heavy (non-hydrogen) atoms. The highest BCUT2D eigenvalue weighted by Gasteiger charge is 2.17. The third kappa shape index (κ3) is 3.95. The minimum absolute atomic E-state index is 0.708. The van der Waals surface area contributed by atoms with Crippen LogP contribution in [0.5, 0.6) is 0 Å². The molecule has 0 spiro atoms. The second-order valence-corrected chi connectivity index (χ2v) is 2.47. The number of ether oxygens (including phenoxy) is 1. The molecule has 0 saturated carbocycles. The second kappa shape index (κ2) is 3.25. The molecule has 0 aromatic heterocycles. The van der Waals surface area contributed by atoms with Crippen LogP contribution in [-0.2, 0) is 4.74 Å². The number of carbonyl (C=O) groups is 1. The lowest BCUT2D eigenvalue weighted by molar-refractivity contribution is 0.0306. The topological polar surface area (TPSA) is 46.5 Å². The molecule has 0 aliphatic rings. The van der Waals surface area contributed by atoms with E-state index in [1.54, 1.807) is 26.0 Å². The van der Waals surface area contributed by atoms with E-state index < -0.39 is 11.8 Å². The summed E-state index contributed by atoms with van der Waals surface area (Å²) in [6.07, 6.45) is 2.19. The summed E-state index contributed by atoms with van der Waals surface area (Å²) < 4.78 is 4.51. The molecule has 0 aromatic carbocycles. The molecule has 0 radical (unpaired) electrons. The SMILES string of the molecule is C/C=C/C(C)(C)OC(=O)O. The Morgan fingerprint density at radius 3 is 2.40 bits per heavy atom. The Labute approximate surface area is 60.3 Å². The summed E-state index contributed by atoms with van der Waals surface area (Å²) >= 11 is 0. The molecule has 0 unspecified atom stereocenters. The van der Waals surface area contributed by atoms with Crippen molar-refractivity contribution in [2.75, 3.05) is 0 Å². The number of hydrogen-bond donors (Lipinski definition) is 1. The quantitative estimate of drug-likeness (QED) is 0.476. The largest absolute Gasteiger partial charge is 0.506 e. The van der Waals surface area contributed by atoms with Gasteiger partial charge in [0.05, 0.1) is 0 Å². The molecule has 0 heterocycles. The van der Waals surface area contributed by atoms with Gasteiger partial charge < -0.3 is 9.84 Å². The van der Waals surface area contributed by atoms with Gasteiger partial charge in [0, 0.05) is 0 Å². The van der Waals surface area contributed by atoms with Crippen LogP contribution < -0.4 is 0 Å². The van der Waals surface area contributed by atoms with E-state index in [1.165, 1.54) is 0 Å². The van der Waals surface area contributed by atoms with Crippen LogP contribution in [0.2, 0.25) is 0 Å². The summed E-state index contributed by atoms with van der Waals surface area (Å²) in [5.41, 5.74) is -0.708. The van der Waals surface area contributed by atoms with E-state index in [0.29, 0.717) is 0 Å². The van der Waals surface area contributed by atoms with Gasteiger partial charge >= 0.3 is 6.16 Å². The Morgan fingerprint density at radius 2 is 2.10 bits per heavy atom. The fourth-order valence-electron chi connectivity index (χ4n) is 0.660. The zero-order chi connectivity index (χ0) is 8.20. The van der Waals surface area contributed by atoms with Crippen molar-refractivity contribution < 1.29 is 14.6 Å². The maximum atomic E-state index is 10.0. The van der Waals surface area contributed by atoms with Gasteiger partial charge in [-0.25, -0.2) is 4.79 Å². The summed E-state index contributed by atoms with van der Waals surface area (Å²) in [7, 11) is 0. The monoisotopic (exact) mass is 144 g/mol. The molecule has 0 aromatic rings. The van der Waals surface area contributed by atoms with Crippen molar-refractivity contribution in [2.45, 2.75) is 26.4 Å². The van der Waals surface area contributed by atoms with Gasteiger partial charge in [-0.05, 0) is 26.8 Å². The Hall–Kier alpha value is -0.990. The normalized spacial score (nSPS) is 11.9. The summed E-state index contributed by atoms with van der Waals surface area (Å²) in [5.74, 6) is 0. The molecular weight excluding hydrogens is 132 g/mol. The maximum Gasteiger partial charge on any atom is 0.506 e. The standard InChI is InChI=1S/C7H12O3/c1-4-5-7(2,3)10-6(8)9/h4-5H,1-3H3,(H,8,9)/b5-4+. The lowest BCUT2D eigenvalue weighted by atomic mass is 10.1. The van der Waals surface area contributed by atoms with E-state index in [-0.39, 0.29) is 0 Å². The van der Waals surface area contributed by atoms with Gasteiger partial charge in [0.2, 0.25) is 0 Å². The van der Waals surface area contributed by atoms with Crippen molar-refractivity contribution in [2.24, 2.45) is 0 Å². The van der Waals surface area contributed by atoms with Gasteiger partial charge in [-0.1, -0.05) is 6.08 Å². The van der Waals surface area contributed by atoms with Crippen molar-refractivity contribution in [3.8, 4) is 0 Å². The first-order chi connectivity index (χ1) is 4.48. The van der Waals surface area contributed by atoms with Gasteiger partial charge in [-0.15, -0.1) is 0 Å². The molecule has 3 nitrogen and oxygen atoms in total. The van der Waals surface area contributed by atoms with Gasteiger partial charge in [0.1, 0.15) is 5.60 Å². The molecule has 0 rings (SSSR count). The smallest absolute Gasteiger partial charge is 0.450 e. The van der Waals surface area contributed by atoms with Gasteiger partial charge in [-0.2, -0.15) is 0 Å².